The van der Waals surface area contributed by atoms with E-state index in [4.69, 9.17) is 9.47 Å². The minimum absolute atomic E-state index is 0.00297. The molecule has 4 rings (SSSR count). The number of carbonyl (C=O) groups excluding carboxylic acids is 1. The molecule has 0 saturated carbocycles. The summed E-state index contributed by atoms with van der Waals surface area (Å²) in [6, 6.07) is 12.7. The molecule has 1 aliphatic heterocycles. The maximum absolute atomic E-state index is 14.3. The van der Waals surface area contributed by atoms with Gasteiger partial charge in [0.2, 0.25) is 5.82 Å². The molecule has 3 aromatic rings. The maximum atomic E-state index is 14.3. The summed E-state index contributed by atoms with van der Waals surface area (Å²) in [5, 5.41) is 3.90. The Labute approximate surface area is 216 Å². The molecule has 5 nitrogen and oxygen atoms in total. The van der Waals surface area contributed by atoms with E-state index in [-0.39, 0.29) is 22.9 Å². The summed E-state index contributed by atoms with van der Waals surface area (Å²) in [6.45, 7) is 3.73. The van der Waals surface area contributed by atoms with Crippen LogP contribution in [0, 0.1) is 29.1 Å². The first-order valence-electron chi connectivity index (χ1n) is 10.9. The number of hydrogen-bond acceptors (Lipinski definition) is 4. The molecule has 192 valence electrons. The first-order chi connectivity index (χ1) is 17.6. The molecule has 0 radical (unpaired) electrons. The summed E-state index contributed by atoms with van der Waals surface area (Å²) in [5.74, 6) is -11.3. The second kappa shape index (κ2) is 10.7. The van der Waals surface area contributed by atoms with Crippen molar-refractivity contribution in [2.24, 2.45) is 5.10 Å². The maximum Gasteiger partial charge on any atom is 0.280 e. The topological polar surface area (TPSA) is 51.1 Å². The Morgan fingerprint density at radius 1 is 0.919 bits per heavy atom. The zero-order valence-corrected chi connectivity index (χ0v) is 21.0. The predicted molar refractivity (Wildman–Crippen MR) is 131 cm³/mol. The SMILES string of the molecule is CCOc1cc(/C=C2/C(=O)N(c3c(F)c(F)c(F)c(F)c3F)N=C2C)c(Br)cc1OCc1ccccc1. The van der Waals surface area contributed by atoms with E-state index in [1.807, 2.05) is 30.3 Å². The summed E-state index contributed by atoms with van der Waals surface area (Å²) < 4.78 is 81.5. The molecule has 0 saturated heterocycles. The van der Waals surface area contributed by atoms with E-state index in [2.05, 4.69) is 21.0 Å². The van der Waals surface area contributed by atoms with Crippen molar-refractivity contribution < 1.29 is 36.2 Å². The first kappa shape index (κ1) is 26.3. The van der Waals surface area contributed by atoms with Gasteiger partial charge >= 0.3 is 0 Å². The van der Waals surface area contributed by atoms with E-state index in [1.54, 1.807) is 19.1 Å². The second-order valence-electron chi connectivity index (χ2n) is 7.81. The number of amides is 1. The summed E-state index contributed by atoms with van der Waals surface area (Å²) in [5.41, 5.74) is -0.215. The lowest BCUT2D eigenvalue weighted by Crippen LogP contribution is -2.25. The molecule has 0 aromatic heterocycles. The minimum Gasteiger partial charge on any atom is -0.490 e. The largest absolute Gasteiger partial charge is 0.490 e. The van der Waals surface area contributed by atoms with Gasteiger partial charge in [-0.25, -0.2) is 22.0 Å². The molecular weight excluding hydrogens is 563 g/mol. The number of halogens is 6. The van der Waals surface area contributed by atoms with Crippen molar-refractivity contribution in [1.82, 2.24) is 0 Å². The van der Waals surface area contributed by atoms with Crippen molar-refractivity contribution in [3.05, 3.63) is 92.7 Å². The van der Waals surface area contributed by atoms with Crippen LogP contribution in [0.25, 0.3) is 6.08 Å². The molecule has 3 aromatic carbocycles. The smallest absolute Gasteiger partial charge is 0.280 e. The Bertz CT molecular complexity index is 1420. The van der Waals surface area contributed by atoms with Crippen LogP contribution in [0.5, 0.6) is 11.5 Å². The highest BCUT2D eigenvalue weighted by molar-refractivity contribution is 9.10. The van der Waals surface area contributed by atoms with Gasteiger partial charge in [-0.3, -0.25) is 4.79 Å². The van der Waals surface area contributed by atoms with Crippen molar-refractivity contribution >= 4 is 39.3 Å². The summed E-state index contributed by atoms with van der Waals surface area (Å²) >= 11 is 3.41. The number of carbonyl (C=O) groups is 1. The third kappa shape index (κ3) is 5.08. The van der Waals surface area contributed by atoms with E-state index in [0.717, 1.165) is 5.56 Å². The van der Waals surface area contributed by atoms with Gasteiger partial charge in [-0.05, 0) is 43.2 Å². The van der Waals surface area contributed by atoms with E-state index < -0.39 is 40.7 Å². The summed E-state index contributed by atoms with van der Waals surface area (Å²) in [6.07, 6.45) is 1.36. The van der Waals surface area contributed by atoms with E-state index in [1.165, 1.54) is 13.0 Å². The number of anilines is 1. The Morgan fingerprint density at radius 3 is 2.14 bits per heavy atom. The van der Waals surface area contributed by atoms with Gasteiger partial charge in [0.15, 0.2) is 34.8 Å². The number of hydrazone groups is 1. The summed E-state index contributed by atoms with van der Waals surface area (Å²) in [7, 11) is 0. The highest BCUT2D eigenvalue weighted by atomic mass is 79.9. The number of benzene rings is 3. The third-order valence-corrected chi connectivity index (χ3v) is 6.05. The van der Waals surface area contributed by atoms with Crippen molar-refractivity contribution in [1.29, 1.82) is 0 Å². The summed E-state index contributed by atoms with van der Waals surface area (Å²) in [4.78, 5) is 13.0. The van der Waals surface area contributed by atoms with Gasteiger partial charge in [-0.15, -0.1) is 0 Å². The van der Waals surface area contributed by atoms with Crippen LogP contribution in [0.15, 0.2) is 57.6 Å². The van der Waals surface area contributed by atoms with Crippen LogP contribution < -0.4 is 14.5 Å². The van der Waals surface area contributed by atoms with Gasteiger partial charge in [-0.2, -0.15) is 10.1 Å². The highest BCUT2D eigenvalue weighted by Crippen LogP contribution is 2.37. The highest BCUT2D eigenvalue weighted by Gasteiger charge is 2.37. The van der Waals surface area contributed by atoms with Gasteiger partial charge < -0.3 is 9.47 Å². The molecule has 37 heavy (non-hydrogen) atoms. The van der Waals surface area contributed by atoms with E-state index >= 15 is 0 Å². The molecule has 11 heteroatoms. The van der Waals surface area contributed by atoms with Crippen molar-refractivity contribution in [3.63, 3.8) is 0 Å². The van der Waals surface area contributed by atoms with Gasteiger partial charge in [0, 0.05) is 4.47 Å². The standard InChI is InChI=1S/C26H18BrF5N2O3/c1-3-36-18-10-15(17(27)11-19(18)37-12-14-7-5-4-6-8-14)9-16-13(2)33-34(26(16)35)25-23(31)21(29)20(28)22(30)24(25)32/h4-11H,3,12H2,1-2H3/b16-9+. The molecule has 1 heterocycles. The Morgan fingerprint density at radius 2 is 1.51 bits per heavy atom. The monoisotopic (exact) mass is 580 g/mol. The fraction of sp³-hybridized carbons (Fsp3) is 0.154. The number of ether oxygens (including phenoxy) is 2. The average Bonchev–Trinajstić information content (AvgIpc) is 3.16. The zero-order valence-electron chi connectivity index (χ0n) is 19.4. The number of nitrogens with zero attached hydrogens (tertiary/aromatic N) is 2. The number of rotatable bonds is 7. The number of hydrogen-bond donors (Lipinski definition) is 0. The van der Waals surface area contributed by atoms with Gasteiger partial charge in [-0.1, -0.05) is 46.3 Å². The normalized spacial score (nSPS) is 14.4. The lowest BCUT2D eigenvalue weighted by Gasteiger charge is -2.15. The lowest BCUT2D eigenvalue weighted by molar-refractivity contribution is -0.114. The third-order valence-electron chi connectivity index (χ3n) is 5.36. The van der Waals surface area contributed by atoms with Crippen molar-refractivity contribution in [2.75, 3.05) is 11.6 Å². The van der Waals surface area contributed by atoms with Crippen molar-refractivity contribution in [3.8, 4) is 11.5 Å². The Kier molecular flexibility index (Phi) is 7.63. The van der Waals surface area contributed by atoms with E-state index in [9.17, 15) is 26.7 Å². The molecule has 0 spiro atoms. The minimum atomic E-state index is -2.33. The first-order valence-corrected chi connectivity index (χ1v) is 11.7. The fourth-order valence-corrected chi connectivity index (χ4v) is 3.99. The van der Waals surface area contributed by atoms with Crippen LogP contribution in [-0.2, 0) is 11.4 Å². The second-order valence-corrected chi connectivity index (χ2v) is 8.66. The molecule has 0 unspecified atom stereocenters. The van der Waals surface area contributed by atoms with Gasteiger partial charge in [0.1, 0.15) is 12.3 Å². The van der Waals surface area contributed by atoms with Crippen LogP contribution in [0.4, 0.5) is 27.6 Å². The molecule has 0 aliphatic carbocycles. The lowest BCUT2D eigenvalue weighted by atomic mass is 10.1. The Balaban J connectivity index is 1.69. The quantitative estimate of drug-likeness (QED) is 0.132. The van der Waals surface area contributed by atoms with Gasteiger partial charge in [0.25, 0.3) is 5.91 Å². The predicted octanol–water partition coefficient (Wildman–Crippen LogP) is 6.93. The van der Waals surface area contributed by atoms with Crippen molar-refractivity contribution in [2.45, 2.75) is 20.5 Å². The molecule has 1 amide bonds. The average molecular weight is 581 g/mol. The van der Waals surface area contributed by atoms with Gasteiger partial charge in [0.05, 0.1) is 17.9 Å². The zero-order chi connectivity index (χ0) is 26.9. The molecule has 0 N–H and O–H groups in total. The molecule has 1 aliphatic rings. The molecular formula is C26H18BrF5N2O3. The molecule has 0 fully saturated rings. The van der Waals surface area contributed by atoms with Crippen LogP contribution in [0.1, 0.15) is 25.0 Å². The van der Waals surface area contributed by atoms with Crippen LogP contribution in [0.3, 0.4) is 0 Å². The molecule has 0 bridgehead atoms. The molecule has 0 atom stereocenters. The van der Waals surface area contributed by atoms with E-state index in [0.29, 0.717) is 28.1 Å². The van der Waals surface area contributed by atoms with Crippen LogP contribution in [-0.4, -0.2) is 18.2 Å². The fourth-order valence-electron chi connectivity index (χ4n) is 3.55. The van der Waals surface area contributed by atoms with Crippen LogP contribution >= 0.6 is 15.9 Å². The van der Waals surface area contributed by atoms with Crippen LogP contribution in [0.2, 0.25) is 0 Å². The Hall–Kier alpha value is -3.73.